The minimum absolute atomic E-state index is 0.173. The Kier molecular flexibility index (Phi) is 6.81. The summed E-state index contributed by atoms with van der Waals surface area (Å²) in [4.78, 5) is 37.5. The molecule has 0 radical (unpaired) electrons. The molecule has 7 nitrogen and oxygen atoms in total. The van der Waals surface area contributed by atoms with Crippen LogP contribution in [0.1, 0.15) is 30.1 Å². The molecular formula is C17H21BrN2O5. The van der Waals surface area contributed by atoms with E-state index in [9.17, 15) is 14.4 Å². The molecule has 1 saturated heterocycles. The van der Waals surface area contributed by atoms with Crippen molar-refractivity contribution >= 4 is 39.5 Å². The molecule has 0 spiro atoms. The molecule has 1 aliphatic heterocycles. The Labute approximate surface area is 154 Å². The lowest BCUT2D eigenvalue weighted by molar-refractivity contribution is -0.151. The van der Waals surface area contributed by atoms with E-state index in [-0.39, 0.29) is 35.7 Å². The first-order valence-electron chi connectivity index (χ1n) is 8.09. The summed E-state index contributed by atoms with van der Waals surface area (Å²) >= 11 is 3.26. The summed E-state index contributed by atoms with van der Waals surface area (Å²) in [6.07, 6.45) is 1.11. The largest absolute Gasteiger partial charge is 0.466 e. The highest BCUT2D eigenvalue weighted by molar-refractivity contribution is 9.10. The number of carbonyl (C=O) groups is 3. The summed E-state index contributed by atoms with van der Waals surface area (Å²) in [5.74, 6) is -1.32. The molecule has 0 atom stereocenters. The Balaban J connectivity index is 1.82. The summed E-state index contributed by atoms with van der Waals surface area (Å²) in [5, 5.41) is 0. The minimum Gasteiger partial charge on any atom is -0.466 e. The molecule has 8 heteroatoms. The number of halogens is 1. The van der Waals surface area contributed by atoms with Crippen LogP contribution in [0.15, 0.2) is 22.7 Å². The highest BCUT2D eigenvalue weighted by Gasteiger charge is 2.28. The number of nitrogens with two attached hydrogens (primary N) is 1. The standard InChI is InChI=1S/C17H21BrN2O5/c1-2-24-16(22)11-5-7-20(8-6-11)15(21)10-25-17(23)13-9-12(18)3-4-14(13)19/h3-4,9,11H,2,5-8,10,19H2,1H3. The molecule has 25 heavy (non-hydrogen) atoms. The van der Waals surface area contributed by atoms with E-state index >= 15 is 0 Å². The van der Waals surface area contributed by atoms with Gasteiger partial charge in [0, 0.05) is 23.2 Å². The third-order valence-corrected chi connectivity index (χ3v) is 4.52. The molecule has 0 aromatic heterocycles. The van der Waals surface area contributed by atoms with Crippen LogP contribution in [0, 0.1) is 5.92 Å². The number of benzene rings is 1. The molecule has 0 saturated carbocycles. The number of piperidine rings is 1. The highest BCUT2D eigenvalue weighted by atomic mass is 79.9. The van der Waals surface area contributed by atoms with Gasteiger partial charge in [-0.05, 0) is 38.0 Å². The number of hydrogen-bond donors (Lipinski definition) is 1. The minimum atomic E-state index is -0.645. The molecule has 1 amide bonds. The molecule has 1 aromatic rings. The van der Waals surface area contributed by atoms with Gasteiger partial charge >= 0.3 is 11.9 Å². The van der Waals surface area contributed by atoms with Crippen LogP contribution in [-0.2, 0) is 19.1 Å². The first kappa shape index (κ1) is 19.2. The molecule has 0 unspecified atom stereocenters. The molecule has 2 rings (SSSR count). The van der Waals surface area contributed by atoms with Crippen molar-refractivity contribution in [2.24, 2.45) is 5.92 Å². The maximum absolute atomic E-state index is 12.2. The van der Waals surface area contributed by atoms with Crippen LogP contribution in [-0.4, -0.2) is 49.0 Å². The summed E-state index contributed by atoms with van der Waals surface area (Å²) in [7, 11) is 0. The average Bonchev–Trinajstić information content (AvgIpc) is 2.61. The molecule has 0 aliphatic carbocycles. The number of nitrogens with zero attached hydrogens (tertiary/aromatic N) is 1. The number of nitrogen functional groups attached to an aromatic ring is 1. The van der Waals surface area contributed by atoms with Crippen molar-refractivity contribution in [1.29, 1.82) is 0 Å². The fourth-order valence-corrected chi connectivity index (χ4v) is 2.99. The van der Waals surface area contributed by atoms with E-state index in [2.05, 4.69) is 15.9 Å². The second kappa shape index (κ2) is 8.84. The Morgan fingerprint density at radius 3 is 2.56 bits per heavy atom. The fourth-order valence-electron chi connectivity index (χ4n) is 2.63. The zero-order chi connectivity index (χ0) is 18.4. The average molecular weight is 413 g/mol. The van der Waals surface area contributed by atoms with Crippen molar-refractivity contribution in [3.8, 4) is 0 Å². The van der Waals surface area contributed by atoms with Crippen LogP contribution in [0.25, 0.3) is 0 Å². The van der Waals surface area contributed by atoms with Crippen molar-refractivity contribution in [2.75, 3.05) is 32.0 Å². The maximum Gasteiger partial charge on any atom is 0.340 e. The van der Waals surface area contributed by atoms with Gasteiger partial charge in [0.2, 0.25) is 0 Å². The van der Waals surface area contributed by atoms with Crippen LogP contribution in [0.2, 0.25) is 0 Å². The van der Waals surface area contributed by atoms with Gasteiger partial charge in [-0.3, -0.25) is 9.59 Å². The second-order valence-corrected chi connectivity index (χ2v) is 6.63. The molecule has 136 valence electrons. The number of anilines is 1. The molecule has 1 heterocycles. The van der Waals surface area contributed by atoms with Crippen molar-refractivity contribution < 1.29 is 23.9 Å². The van der Waals surface area contributed by atoms with Crippen LogP contribution < -0.4 is 5.73 Å². The van der Waals surface area contributed by atoms with Gasteiger partial charge in [-0.2, -0.15) is 0 Å². The van der Waals surface area contributed by atoms with Crippen molar-refractivity contribution in [3.63, 3.8) is 0 Å². The molecule has 1 aromatic carbocycles. The molecular weight excluding hydrogens is 392 g/mol. The van der Waals surface area contributed by atoms with Gasteiger partial charge in [-0.1, -0.05) is 15.9 Å². The van der Waals surface area contributed by atoms with Crippen LogP contribution in [0.3, 0.4) is 0 Å². The van der Waals surface area contributed by atoms with Crippen LogP contribution in [0.4, 0.5) is 5.69 Å². The van der Waals surface area contributed by atoms with Gasteiger partial charge in [0.1, 0.15) is 0 Å². The van der Waals surface area contributed by atoms with E-state index in [1.807, 2.05) is 0 Å². The first-order valence-corrected chi connectivity index (χ1v) is 8.88. The number of rotatable bonds is 5. The topological polar surface area (TPSA) is 98.9 Å². The molecule has 2 N–H and O–H groups in total. The zero-order valence-corrected chi connectivity index (χ0v) is 15.6. The molecule has 0 bridgehead atoms. The second-order valence-electron chi connectivity index (χ2n) is 5.71. The van der Waals surface area contributed by atoms with E-state index < -0.39 is 5.97 Å². The smallest absolute Gasteiger partial charge is 0.340 e. The van der Waals surface area contributed by atoms with E-state index in [0.717, 1.165) is 0 Å². The third kappa shape index (κ3) is 5.19. The number of likely N-dealkylation sites (tertiary alicyclic amines) is 1. The Morgan fingerprint density at radius 1 is 1.24 bits per heavy atom. The predicted octanol–water partition coefficient (Wildman–Crippen LogP) is 1.99. The Hall–Kier alpha value is -2.09. The van der Waals surface area contributed by atoms with Gasteiger partial charge in [-0.15, -0.1) is 0 Å². The first-order chi connectivity index (χ1) is 11.9. The maximum atomic E-state index is 12.2. The monoisotopic (exact) mass is 412 g/mol. The summed E-state index contributed by atoms with van der Waals surface area (Å²) < 4.78 is 10.8. The predicted molar refractivity (Wildman–Crippen MR) is 94.8 cm³/mol. The quantitative estimate of drug-likeness (QED) is 0.586. The normalized spacial score (nSPS) is 14.9. The van der Waals surface area contributed by atoms with Gasteiger partial charge in [0.05, 0.1) is 18.1 Å². The number of ether oxygens (including phenoxy) is 2. The van der Waals surface area contributed by atoms with Gasteiger partial charge < -0.3 is 20.1 Å². The third-order valence-electron chi connectivity index (χ3n) is 4.03. The fraction of sp³-hybridized carbons (Fsp3) is 0.471. The van der Waals surface area contributed by atoms with E-state index in [1.54, 1.807) is 30.0 Å². The SMILES string of the molecule is CCOC(=O)C1CCN(C(=O)COC(=O)c2cc(Br)ccc2N)CC1. The van der Waals surface area contributed by atoms with Gasteiger partial charge in [0.15, 0.2) is 6.61 Å². The molecule has 1 fully saturated rings. The van der Waals surface area contributed by atoms with Gasteiger partial charge in [-0.25, -0.2) is 4.79 Å². The van der Waals surface area contributed by atoms with Gasteiger partial charge in [0.25, 0.3) is 5.91 Å². The number of amides is 1. The van der Waals surface area contributed by atoms with E-state index in [0.29, 0.717) is 37.0 Å². The number of esters is 2. The van der Waals surface area contributed by atoms with Crippen molar-refractivity contribution in [2.45, 2.75) is 19.8 Å². The lowest BCUT2D eigenvalue weighted by Gasteiger charge is -2.30. The summed E-state index contributed by atoms with van der Waals surface area (Å²) in [6.45, 7) is 2.65. The number of hydrogen-bond acceptors (Lipinski definition) is 6. The molecule has 1 aliphatic rings. The van der Waals surface area contributed by atoms with E-state index in [1.165, 1.54) is 0 Å². The van der Waals surface area contributed by atoms with Crippen LogP contribution in [0.5, 0.6) is 0 Å². The number of carbonyl (C=O) groups excluding carboxylic acids is 3. The van der Waals surface area contributed by atoms with Crippen LogP contribution >= 0.6 is 15.9 Å². The lowest BCUT2D eigenvalue weighted by atomic mass is 9.97. The van der Waals surface area contributed by atoms with Crippen molar-refractivity contribution in [1.82, 2.24) is 4.90 Å². The van der Waals surface area contributed by atoms with Crippen molar-refractivity contribution in [3.05, 3.63) is 28.2 Å². The lowest BCUT2D eigenvalue weighted by Crippen LogP contribution is -2.42. The van der Waals surface area contributed by atoms with E-state index in [4.69, 9.17) is 15.2 Å². The highest BCUT2D eigenvalue weighted by Crippen LogP contribution is 2.20. The summed E-state index contributed by atoms with van der Waals surface area (Å²) in [6, 6.07) is 4.85. The zero-order valence-electron chi connectivity index (χ0n) is 14.0. The Morgan fingerprint density at radius 2 is 1.92 bits per heavy atom. The summed E-state index contributed by atoms with van der Waals surface area (Å²) in [5.41, 5.74) is 6.25. The Bertz CT molecular complexity index is 656.